The van der Waals surface area contributed by atoms with E-state index in [2.05, 4.69) is 0 Å². The molecule has 0 spiro atoms. The van der Waals surface area contributed by atoms with Crippen LogP contribution < -0.4 is 0 Å². The van der Waals surface area contributed by atoms with E-state index in [-0.39, 0.29) is 17.9 Å². The van der Waals surface area contributed by atoms with Crippen molar-refractivity contribution >= 4 is 29.1 Å². The van der Waals surface area contributed by atoms with Crippen LogP contribution >= 0.6 is 23.2 Å². The van der Waals surface area contributed by atoms with Crippen molar-refractivity contribution in [1.82, 2.24) is 4.90 Å². The molecule has 1 aromatic rings. The summed E-state index contributed by atoms with van der Waals surface area (Å²) in [6, 6.07) is 5.73. The number of carbonyl (C=O) groups is 1. The molecule has 98 valence electrons. The minimum Gasteiger partial charge on any atom is -0.336 e. The lowest BCUT2D eigenvalue weighted by molar-refractivity contribution is -0.134. The standard InChI is InChI=1S/C14H17Cl2NO/c1-9(2)17(14(18)11-4-5-11)8-10-3-6-12(15)13(16)7-10/h3,6-7,9,11H,4-5,8H2,1-2H3. The van der Waals surface area contributed by atoms with E-state index < -0.39 is 0 Å². The van der Waals surface area contributed by atoms with Crippen LogP contribution in [0.3, 0.4) is 0 Å². The number of benzene rings is 1. The van der Waals surface area contributed by atoms with E-state index in [1.54, 1.807) is 6.07 Å². The fourth-order valence-corrected chi connectivity index (χ4v) is 2.24. The first kappa shape index (κ1) is 13.7. The number of halogens is 2. The van der Waals surface area contributed by atoms with E-state index >= 15 is 0 Å². The van der Waals surface area contributed by atoms with Gasteiger partial charge < -0.3 is 4.90 Å². The SMILES string of the molecule is CC(C)N(Cc1ccc(Cl)c(Cl)c1)C(=O)C1CC1. The van der Waals surface area contributed by atoms with E-state index in [9.17, 15) is 4.79 Å². The summed E-state index contributed by atoms with van der Waals surface area (Å²) in [5.41, 5.74) is 1.02. The fourth-order valence-electron chi connectivity index (χ4n) is 1.91. The van der Waals surface area contributed by atoms with Crippen LogP contribution in [0.5, 0.6) is 0 Å². The minimum absolute atomic E-state index is 0.201. The summed E-state index contributed by atoms with van der Waals surface area (Å²) in [5, 5.41) is 1.08. The van der Waals surface area contributed by atoms with Gasteiger partial charge >= 0.3 is 0 Å². The van der Waals surface area contributed by atoms with Crippen LogP contribution in [0.1, 0.15) is 32.3 Å². The molecule has 1 aromatic carbocycles. The highest BCUT2D eigenvalue weighted by Gasteiger charge is 2.34. The van der Waals surface area contributed by atoms with Gasteiger partial charge in [-0.25, -0.2) is 0 Å². The van der Waals surface area contributed by atoms with Gasteiger partial charge in [0.2, 0.25) is 5.91 Å². The Labute approximate surface area is 118 Å². The van der Waals surface area contributed by atoms with Crippen LogP contribution in [0.15, 0.2) is 18.2 Å². The van der Waals surface area contributed by atoms with Crippen LogP contribution in [0.2, 0.25) is 10.0 Å². The first-order valence-electron chi connectivity index (χ1n) is 6.23. The van der Waals surface area contributed by atoms with Crippen molar-refractivity contribution in [3.05, 3.63) is 33.8 Å². The van der Waals surface area contributed by atoms with Crippen molar-refractivity contribution in [3.8, 4) is 0 Å². The van der Waals surface area contributed by atoms with Crippen LogP contribution in [0.25, 0.3) is 0 Å². The molecule has 1 aliphatic carbocycles. The number of hydrogen-bond acceptors (Lipinski definition) is 1. The minimum atomic E-state index is 0.201. The molecule has 18 heavy (non-hydrogen) atoms. The number of hydrogen-bond donors (Lipinski definition) is 0. The second-order valence-corrected chi connectivity index (χ2v) is 5.90. The second-order valence-electron chi connectivity index (χ2n) is 5.08. The number of carbonyl (C=O) groups excluding carboxylic acids is 1. The maximum Gasteiger partial charge on any atom is 0.226 e. The molecule has 2 rings (SSSR count). The molecule has 0 atom stereocenters. The lowest BCUT2D eigenvalue weighted by Crippen LogP contribution is -2.37. The lowest BCUT2D eigenvalue weighted by atomic mass is 10.1. The normalized spacial score (nSPS) is 14.9. The lowest BCUT2D eigenvalue weighted by Gasteiger charge is -2.27. The summed E-state index contributed by atoms with van der Waals surface area (Å²) in [4.78, 5) is 14.1. The molecule has 1 aliphatic rings. The van der Waals surface area contributed by atoms with Crippen molar-refractivity contribution in [2.24, 2.45) is 5.92 Å². The van der Waals surface area contributed by atoms with Gasteiger partial charge in [-0.2, -0.15) is 0 Å². The molecule has 1 amide bonds. The Morgan fingerprint density at radius 1 is 1.33 bits per heavy atom. The van der Waals surface area contributed by atoms with Crippen molar-refractivity contribution < 1.29 is 4.79 Å². The third-order valence-electron chi connectivity index (χ3n) is 3.17. The van der Waals surface area contributed by atoms with E-state index in [4.69, 9.17) is 23.2 Å². The Bertz CT molecular complexity index is 455. The summed E-state index contributed by atoms with van der Waals surface area (Å²) in [6.07, 6.45) is 2.06. The Hall–Kier alpha value is -0.730. The van der Waals surface area contributed by atoms with E-state index in [1.165, 1.54) is 0 Å². The van der Waals surface area contributed by atoms with Gasteiger partial charge in [0.25, 0.3) is 0 Å². The molecule has 4 heteroatoms. The smallest absolute Gasteiger partial charge is 0.226 e. The third-order valence-corrected chi connectivity index (χ3v) is 3.91. The maximum absolute atomic E-state index is 12.2. The molecule has 0 saturated heterocycles. The zero-order valence-corrected chi connectivity index (χ0v) is 12.1. The zero-order valence-electron chi connectivity index (χ0n) is 10.6. The van der Waals surface area contributed by atoms with Gasteiger partial charge in [-0.15, -0.1) is 0 Å². The molecular formula is C14H17Cl2NO. The molecule has 1 fully saturated rings. The summed E-state index contributed by atoms with van der Waals surface area (Å²) < 4.78 is 0. The fraction of sp³-hybridized carbons (Fsp3) is 0.500. The Balaban J connectivity index is 2.12. The van der Waals surface area contributed by atoms with Crippen molar-refractivity contribution in [2.75, 3.05) is 0 Å². The topological polar surface area (TPSA) is 20.3 Å². The van der Waals surface area contributed by atoms with Crippen LogP contribution in [0.4, 0.5) is 0 Å². The molecule has 0 aromatic heterocycles. The Morgan fingerprint density at radius 2 is 2.00 bits per heavy atom. The molecule has 0 heterocycles. The number of amides is 1. The molecule has 2 nitrogen and oxygen atoms in total. The predicted octanol–water partition coefficient (Wildman–Crippen LogP) is 4.14. The summed E-state index contributed by atoms with van der Waals surface area (Å²) in [7, 11) is 0. The van der Waals surface area contributed by atoms with Gasteiger partial charge in [0, 0.05) is 18.5 Å². The highest BCUT2D eigenvalue weighted by molar-refractivity contribution is 6.42. The van der Waals surface area contributed by atoms with Gasteiger partial charge in [0.15, 0.2) is 0 Å². The summed E-state index contributed by atoms with van der Waals surface area (Å²) >= 11 is 11.9. The van der Waals surface area contributed by atoms with Crippen LogP contribution in [0, 0.1) is 5.92 Å². The molecular weight excluding hydrogens is 269 g/mol. The average molecular weight is 286 g/mol. The Kier molecular flexibility index (Phi) is 4.18. The molecule has 0 radical (unpaired) electrons. The monoisotopic (exact) mass is 285 g/mol. The predicted molar refractivity (Wildman–Crippen MR) is 74.9 cm³/mol. The van der Waals surface area contributed by atoms with Gasteiger partial charge in [-0.3, -0.25) is 4.79 Å². The van der Waals surface area contributed by atoms with Gasteiger partial charge in [0.1, 0.15) is 0 Å². The van der Waals surface area contributed by atoms with E-state index in [1.807, 2.05) is 30.9 Å². The molecule has 0 unspecified atom stereocenters. The summed E-state index contributed by atoms with van der Waals surface area (Å²) in [5.74, 6) is 0.506. The average Bonchev–Trinajstić information content (AvgIpc) is 3.13. The Morgan fingerprint density at radius 3 is 2.50 bits per heavy atom. The van der Waals surface area contributed by atoms with E-state index in [0.29, 0.717) is 16.6 Å². The van der Waals surface area contributed by atoms with Gasteiger partial charge in [0.05, 0.1) is 10.0 Å². The second kappa shape index (κ2) is 5.50. The van der Waals surface area contributed by atoms with Crippen molar-refractivity contribution in [1.29, 1.82) is 0 Å². The largest absolute Gasteiger partial charge is 0.336 e. The first-order valence-corrected chi connectivity index (χ1v) is 6.99. The number of rotatable bonds is 4. The number of nitrogens with zero attached hydrogens (tertiary/aromatic N) is 1. The quantitative estimate of drug-likeness (QED) is 0.814. The maximum atomic E-state index is 12.2. The van der Waals surface area contributed by atoms with Gasteiger partial charge in [-0.05, 0) is 44.4 Å². The first-order chi connectivity index (χ1) is 8.49. The highest BCUT2D eigenvalue weighted by atomic mass is 35.5. The molecule has 0 aliphatic heterocycles. The van der Waals surface area contributed by atoms with Crippen molar-refractivity contribution in [2.45, 2.75) is 39.3 Å². The molecule has 1 saturated carbocycles. The van der Waals surface area contributed by atoms with Gasteiger partial charge in [-0.1, -0.05) is 29.3 Å². The summed E-state index contributed by atoms with van der Waals surface area (Å²) in [6.45, 7) is 4.68. The third kappa shape index (κ3) is 3.18. The molecule has 0 bridgehead atoms. The molecule has 0 N–H and O–H groups in total. The van der Waals surface area contributed by atoms with E-state index in [0.717, 1.165) is 18.4 Å². The highest BCUT2D eigenvalue weighted by Crippen LogP contribution is 2.32. The zero-order chi connectivity index (χ0) is 13.3. The van der Waals surface area contributed by atoms with Crippen LogP contribution in [-0.2, 0) is 11.3 Å². The van der Waals surface area contributed by atoms with Crippen molar-refractivity contribution in [3.63, 3.8) is 0 Å². The van der Waals surface area contributed by atoms with Crippen LogP contribution in [-0.4, -0.2) is 16.8 Å².